The summed E-state index contributed by atoms with van der Waals surface area (Å²) in [6.45, 7) is 5.89. The van der Waals surface area contributed by atoms with Crippen LogP contribution in [0.4, 0.5) is 0 Å². The van der Waals surface area contributed by atoms with Gasteiger partial charge in [-0.1, -0.05) is 60.2 Å². The van der Waals surface area contributed by atoms with E-state index < -0.39 is 17.5 Å². The second kappa shape index (κ2) is 12.0. The Morgan fingerprint density at radius 3 is 1.97 bits per heavy atom. The van der Waals surface area contributed by atoms with E-state index in [0.717, 1.165) is 6.54 Å². The zero-order chi connectivity index (χ0) is 21.9. The van der Waals surface area contributed by atoms with Gasteiger partial charge >= 0.3 is 11.9 Å². The first-order valence-corrected chi connectivity index (χ1v) is 9.50. The van der Waals surface area contributed by atoms with E-state index in [1.807, 2.05) is 6.07 Å². The van der Waals surface area contributed by atoms with Gasteiger partial charge < -0.3 is 19.8 Å². The van der Waals surface area contributed by atoms with Crippen molar-refractivity contribution in [1.29, 1.82) is 0 Å². The van der Waals surface area contributed by atoms with Crippen LogP contribution >= 0.6 is 0 Å². The Labute approximate surface area is 172 Å². The van der Waals surface area contributed by atoms with E-state index >= 15 is 0 Å². The molecule has 2 aromatic carbocycles. The topological polar surface area (TPSA) is 87.1 Å². The first kappa shape index (κ1) is 24.3. The molecule has 29 heavy (non-hydrogen) atoms. The molecule has 0 aliphatic rings. The Bertz CT molecular complexity index is 762. The maximum Gasteiger partial charge on any atom is 0.303 e. The molecule has 0 saturated heterocycles. The smallest absolute Gasteiger partial charge is 0.303 e. The van der Waals surface area contributed by atoms with E-state index in [9.17, 15) is 9.59 Å². The summed E-state index contributed by atoms with van der Waals surface area (Å²) in [6, 6.07) is 19.0. The maximum absolute atomic E-state index is 9.64. The number of nitrogens with zero attached hydrogens (tertiary/aromatic N) is 1. The highest BCUT2D eigenvalue weighted by molar-refractivity contribution is 5.75. The zero-order valence-electron chi connectivity index (χ0n) is 17.6. The van der Waals surface area contributed by atoms with Crippen molar-refractivity contribution < 1.29 is 24.5 Å². The van der Waals surface area contributed by atoms with Gasteiger partial charge in [0.25, 0.3) is 0 Å². The fourth-order valence-electron chi connectivity index (χ4n) is 2.68. The molecule has 0 aromatic heterocycles. The molecule has 0 heterocycles. The Balaban J connectivity index is 0.000000447. The molecule has 2 N–H and O–H groups in total. The molecule has 6 heteroatoms. The summed E-state index contributed by atoms with van der Waals surface area (Å²) in [5.74, 6) is -2.15. The highest BCUT2D eigenvalue weighted by Gasteiger charge is 2.29. The molecule has 1 unspecified atom stereocenters. The molecule has 0 aliphatic heterocycles. The van der Waals surface area contributed by atoms with E-state index in [0.29, 0.717) is 6.61 Å². The Kier molecular flexibility index (Phi) is 10.1. The molecule has 6 nitrogen and oxygen atoms in total. The predicted octanol–water partition coefficient (Wildman–Crippen LogP) is 3.77. The van der Waals surface area contributed by atoms with Crippen LogP contribution in [0, 0.1) is 6.92 Å². The van der Waals surface area contributed by atoms with Crippen LogP contribution in [0.5, 0.6) is 0 Å². The number of carboxylic acids is 2. The number of rotatable bonds is 9. The number of carbonyl (C=O) groups is 2. The van der Waals surface area contributed by atoms with Gasteiger partial charge in [0.15, 0.2) is 0 Å². The summed E-state index contributed by atoms with van der Waals surface area (Å²) < 4.78 is 6.33. The highest BCUT2D eigenvalue weighted by atomic mass is 16.5. The van der Waals surface area contributed by atoms with Crippen molar-refractivity contribution in [3.63, 3.8) is 0 Å². The molecule has 0 fully saturated rings. The molecule has 2 aromatic rings. The lowest BCUT2D eigenvalue weighted by molar-refractivity contribution is -0.143. The summed E-state index contributed by atoms with van der Waals surface area (Å²) in [4.78, 5) is 21.4. The molecule has 1 atom stereocenters. The van der Waals surface area contributed by atoms with Crippen LogP contribution in [0.2, 0.25) is 0 Å². The summed E-state index contributed by atoms with van der Waals surface area (Å²) in [6.07, 6.45) is -0.593. The second-order valence-corrected chi connectivity index (χ2v) is 7.21. The van der Waals surface area contributed by atoms with E-state index in [-0.39, 0.29) is 12.8 Å². The van der Waals surface area contributed by atoms with Crippen LogP contribution in [0.15, 0.2) is 54.6 Å². The lowest BCUT2D eigenvalue weighted by Crippen LogP contribution is -2.31. The summed E-state index contributed by atoms with van der Waals surface area (Å²) in [5, 5.41) is 15.8. The average molecular weight is 402 g/mol. The van der Waals surface area contributed by atoms with Crippen LogP contribution in [0.1, 0.15) is 36.5 Å². The number of aryl methyl sites for hydroxylation is 1. The Morgan fingerprint density at radius 1 is 0.931 bits per heavy atom. The minimum Gasteiger partial charge on any atom is -0.481 e. The molecule has 2 rings (SSSR count). The first-order chi connectivity index (χ1) is 13.6. The molecule has 158 valence electrons. The highest BCUT2D eigenvalue weighted by Crippen LogP contribution is 2.33. The van der Waals surface area contributed by atoms with E-state index in [1.54, 1.807) is 0 Å². The minimum atomic E-state index is -1.08. The van der Waals surface area contributed by atoms with Gasteiger partial charge in [-0.2, -0.15) is 0 Å². The third-order valence-corrected chi connectivity index (χ3v) is 4.38. The largest absolute Gasteiger partial charge is 0.481 e. The number of carboxylic acid groups (broad SMARTS) is 2. The van der Waals surface area contributed by atoms with Crippen molar-refractivity contribution in [2.24, 2.45) is 0 Å². The van der Waals surface area contributed by atoms with E-state index in [2.05, 4.69) is 81.4 Å². The van der Waals surface area contributed by atoms with Crippen molar-refractivity contribution in [2.45, 2.75) is 32.3 Å². The number of aliphatic carboxylic acids is 2. The van der Waals surface area contributed by atoms with Gasteiger partial charge in [-0.05, 0) is 39.1 Å². The molecule has 0 saturated carbocycles. The molecule has 0 radical (unpaired) electrons. The molecule has 0 bridgehead atoms. The molecule has 0 spiro atoms. The van der Waals surface area contributed by atoms with Gasteiger partial charge in [0.1, 0.15) is 5.60 Å². The lowest BCUT2D eigenvalue weighted by atomic mass is 9.87. The lowest BCUT2D eigenvalue weighted by Gasteiger charge is -2.32. The normalized spacial score (nSPS) is 12.6. The van der Waals surface area contributed by atoms with Crippen molar-refractivity contribution in [3.8, 4) is 0 Å². The second-order valence-electron chi connectivity index (χ2n) is 7.21. The average Bonchev–Trinajstić information content (AvgIpc) is 2.67. The minimum absolute atomic E-state index is 0.296. The number of likely N-dealkylation sites (N-methyl/N-ethyl adjacent to an activating group) is 1. The third-order valence-electron chi connectivity index (χ3n) is 4.38. The van der Waals surface area contributed by atoms with Crippen LogP contribution in [-0.2, 0) is 19.9 Å². The summed E-state index contributed by atoms with van der Waals surface area (Å²) in [7, 11) is 4.13. The van der Waals surface area contributed by atoms with Crippen molar-refractivity contribution in [2.75, 3.05) is 27.2 Å². The van der Waals surface area contributed by atoms with Crippen molar-refractivity contribution in [3.05, 3.63) is 71.3 Å². The van der Waals surface area contributed by atoms with Gasteiger partial charge in [-0.15, -0.1) is 0 Å². The number of benzene rings is 2. The monoisotopic (exact) mass is 401 g/mol. The van der Waals surface area contributed by atoms with Crippen molar-refractivity contribution >= 4 is 11.9 Å². The van der Waals surface area contributed by atoms with Gasteiger partial charge in [-0.25, -0.2) is 0 Å². The Morgan fingerprint density at radius 2 is 1.48 bits per heavy atom. The number of hydrogen-bond donors (Lipinski definition) is 2. The van der Waals surface area contributed by atoms with E-state index in [4.69, 9.17) is 14.9 Å². The Hall–Kier alpha value is -2.70. The van der Waals surface area contributed by atoms with Gasteiger partial charge in [0.05, 0.1) is 19.4 Å². The maximum atomic E-state index is 9.64. The summed E-state index contributed by atoms with van der Waals surface area (Å²) >= 11 is 0. The van der Waals surface area contributed by atoms with Gasteiger partial charge in [0.2, 0.25) is 0 Å². The molecule has 0 amide bonds. The molecular weight excluding hydrogens is 370 g/mol. The predicted molar refractivity (Wildman–Crippen MR) is 113 cm³/mol. The fourth-order valence-corrected chi connectivity index (χ4v) is 2.68. The van der Waals surface area contributed by atoms with Crippen LogP contribution in [0.3, 0.4) is 0 Å². The fraction of sp³-hybridized carbons (Fsp3) is 0.391. The van der Waals surface area contributed by atoms with Crippen molar-refractivity contribution in [1.82, 2.24) is 4.90 Å². The molecule has 0 aliphatic carbocycles. The van der Waals surface area contributed by atoms with Gasteiger partial charge in [0, 0.05) is 6.54 Å². The van der Waals surface area contributed by atoms with Crippen LogP contribution < -0.4 is 0 Å². The number of ether oxygens (including phenoxy) is 1. The first-order valence-electron chi connectivity index (χ1n) is 9.50. The molecular formula is C23H31NO5. The summed E-state index contributed by atoms with van der Waals surface area (Å²) in [5.41, 5.74) is 3.23. The van der Waals surface area contributed by atoms with E-state index in [1.165, 1.54) is 16.7 Å². The number of hydrogen-bond acceptors (Lipinski definition) is 4. The zero-order valence-corrected chi connectivity index (χ0v) is 17.6. The SMILES string of the molecule is Cc1cccc(C(C)(OCCN(C)C)c2ccccc2)c1.O=C(O)CCC(=O)O. The van der Waals surface area contributed by atoms with Crippen LogP contribution in [0.25, 0.3) is 0 Å². The third kappa shape index (κ3) is 8.89. The van der Waals surface area contributed by atoms with Gasteiger partial charge in [-0.3, -0.25) is 9.59 Å². The quantitative estimate of drug-likeness (QED) is 0.665. The standard InChI is InChI=1S/C19H25NO.C4H6O4/c1-16-9-8-12-18(15-16)19(2,21-14-13-20(3)4)17-10-6-5-7-11-17;5-3(6)1-2-4(7)8/h5-12,15H,13-14H2,1-4H3;1-2H2,(H,5,6)(H,7,8). The van der Waals surface area contributed by atoms with Crippen LogP contribution in [-0.4, -0.2) is 54.3 Å².